The molecule has 0 aromatic heterocycles. The average molecular weight is 254 g/mol. The summed E-state index contributed by atoms with van der Waals surface area (Å²) in [4.78, 5) is 0. The Hall–Kier alpha value is -1.49. The van der Waals surface area contributed by atoms with Crippen LogP contribution in [0.1, 0.15) is 13.3 Å². The topological polar surface area (TPSA) is 42.5 Å². The zero-order valence-electron chi connectivity index (χ0n) is 10.4. The first kappa shape index (κ1) is 13.6. The quantitative estimate of drug-likeness (QED) is 0.790. The van der Waals surface area contributed by atoms with Gasteiger partial charge in [-0.2, -0.15) is 0 Å². The van der Waals surface area contributed by atoms with E-state index in [9.17, 15) is 0 Å². The van der Waals surface area contributed by atoms with Crippen molar-refractivity contribution in [1.82, 2.24) is 5.32 Å². The molecule has 0 spiro atoms. The van der Waals surface area contributed by atoms with Crippen molar-refractivity contribution >= 4 is 23.0 Å². The second-order valence-electron chi connectivity index (χ2n) is 3.48. The molecule has 0 saturated carbocycles. The first-order valence-electron chi connectivity index (χ1n) is 5.47. The Balaban J connectivity index is 2.72. The van der Waals surface area contributed by atoms with Crippen molar-refractivity contribution in [3.63, 3.8) is 0 Å². The lowest BCUT2D eigenvalue weighted by atomic mass is 10.3. The fourth-order valence-corrected chi connectivity index (χ4v) is 1.51. The van der Waals surface area contributed by atoms with Gasteiger partial charge < -0.3 is 20.1 Å². The van der Waals surface area contributed by atoms with E-state index in [1.54, 1.807) is 14.2 Å². The molecule has 0 amide bonds. The maximum absolute atomic E-state index is 5.18. The highest BCUT2D eigenvalue weighted by Gasteiger charge is 2.03. The number of benzene rings is 1. The smallest absolute Gasteiger partial charge is 0.170 e. The molecule has 0 atom stereocenters. The van der Waals surface area contributed by atoms with Crippen LogP contribution in [0.3, 0.4) is 0 Å². The van der Waals surface area contributed by atoms with E-state index in [2.05, 4.69) is 17.6 Å². The van der Waals surface area contributed by atoms with Crippen LogP contribution in [0.2, 0.25) is 0 Å². The van der Waals surface area contributed by atoms with Crippen LogP contribution in [0, 0.1) is 0 Å². The molecule has 0 fully saturated rings. The molecule has 0 unspecified atom stereocenters. The van der Waals surface area contributed by atoms with Gasteiger partial charge in [-0.1, -0.05) is 6.92 Å². The molecule has 1 rings (SSSR count). The van der Waals surface area contributed by atoms with Gasteiger partial charge in [0.25, 0.3) is 0 Å². The van der Waals surface area contributed by atoms with Gasteiger partial charge in [-0.25, -0.2) is 0 Å². The van der Waals surface area contributed by atoms with Gasteiger partial charge in [-0.05, 0) is 18.6 Å². The van der Waals surface area contributed by atoms with Crippen LogP contribution in [-0.4, -0.2) is 25.9 Å². The molecular formula is C12H18N2O2S. The predicted octanol–water partition coefficient (Wildman–Crippen LogP) is 2.40. The molecule has 4 nitrogen and oxygen atoms in total. The molecule has 5 heteroatoms. The zero-order chi connectivity index (χ0) is 12.7. The Bertz CT molecular complexity index is 361. The predicted molar refractivity (Wildman–Crippen MR) is 74.1 cm³/mol. The number of ether oxygens (including phenoxy) is 2. The van der Waals surface area contributed by atoms with E-state index in [4.69, 9.17) is 21.7 Å². The first-order valence-corrected chi connectivity index (χ1v) is 5.88. The summed E-state index contributed by atoms with van der Waals surface area (Å²) in [6, 6.07) is 5.54. The van der Waals surface area contributed by atoms with Crippen LogP contribution < -0.4 is 20.1 Å². The Labute approximate surface area is 107 Å². The van der Waals surface area contributed by atoms with Crippen LogP contribution in [0.25, 0.3) is 0 Å². The summed E-state index contributed by atoms with van der Waals surface area (Å²) in [7, 11) is 3.23. The molecule has 0 bridgehead atoms. The van der Waals surface area contributed by atoms with Crippen LogP contribution in [0.15, 0.2) is 18.2 Å². The second-order valence-corrected chi connectivity index (χ2v) is 3.89. The summed E-state index contributed by atoms with van der Waals surface area (Å²) < 4.78 is 10.4. The van der Waals surface area contributed by atoms with E-state index in [1.165, 1.54) is 0 Å². The van der Waals surface area contributed by atoms with Gasteiger partial charge in [0.1, 0.15) is 11.5 Å². The second kappa shape index (κ2) is 6.96. The fraction of sp³-hybridized carbons (Fsp3) is 0.417. The lowest BCUT2D eigenvalue weighted by Crippen LogP contribution is -2.28. The Kier molecular flexibility index (Phi) is 5.56. The number of rotatable bonds is 5. The van der Waals surface area contributed by atoms with Gasteiger partial charge in [0.15, 0.2) is 5.11 Å². The molecule has 0 aliphatic carbocycles. The molecule has 0 aliphatic heterocycles. The third-order valence-electron chi connectivity index (χ3n) is 2.14. The van der Waals surface area contributed by atoms with Crippen molar-refractivity contribution in [3.8, 4) is 11.5 Å². The van der Waals surface area contributed by atoms with Crippen molar-refractivity contribution in [2.45, 2.75) is 13.3 Å². The molecule has 17 heavy (non-hydrogen) atoms. The van der Waals surface area contributed by atoms with Crippen LogP contribution in [-0.2, 0) is 0 Å². The van der Waals surface area contributed by atoms with E-state index in [-0.39, 0.29) is 0 Å². The zero-order valence-corrected chi connectivity index (χ0v) is 11.2. The van der Waals surface area contributed by atoms with Crippen LogP contribution in [0.5, 0.6) is 11.5 Å². The van der Waals surface area contributed by atoms with Gasteiger partial charge in [0.2, 0.25) is 0 Å². The third kappa shape index (κ3) is 4.48. The van der Waals surface area contributed by atoms with Crippen molar-refractivity contribution in [2.75, 3.05) is 26.1 Å². The SMILES string of the molecule is CCCNC(=S)Nc1cc(OC)cc(OC)c1. The normalized spacial score (nSPS) is 9.59. The minimum absolute atomic E-state index is 0.599. The largest absolute Gasteiger partial charge is 0.497 e. The lowest BCUT2D eigenvalue weighted by molar-refractivity contribution is 0.395. The van der Waals surface area contributed by atoms with Crippen molar-refractivity contribution < 1.29 is 9.47 Å². The molecule has 0 radical (unpaired) electrons. The Morgan fingerprint density at radius 2 is 1.76 bits per heavy atom. The fourth-order valence-electron chi connectivity index (χ4n) is 1.29. The molecule has 0 saturated heterocycles. The summed E-state index contributed by atoms with van der Waals surface area (Å²) in [6.45, 7) is 2.94. The Morgan fingerprint density at radius 3 is 2.24 bits per heavy atom. The molecule has 94 valence electrons. The van der Waals surface area contributed by atoms with Crippen LogP contribution >= 0.6 is 12.2 Å². The van der Waals surface area contributed by atoms with E-state index in [0.717, 1.165) is 30.2 Å². The average Bonchev–Trinajstić information content (AvgIpc) is 2.35. The highest BCUT2D eigenvalue weighted by molar-refractivity contribution is 7.80. The molecule has 0 aliphatic rings. The van der Waals surface area contributed by atoms with E-state index < -0.39 is 0 Å². The first-order chi connectivity index (χ1) is 8.19. The summed E-state index contributed by atoms with van der Waals surface area (Å²) in [5, 5.41) is 6.78. The third-order valence-corrected chi connectivity index (χ3v) is 2.39. The standard InChI is InChI=1S/C12H18N2O2S/c1-4-5-13-12(17)14-9-6-10(15-2)8-11(7-9)16-3/h6-8H,4-5H2,1-3H3,(H2,13,14,17). The molecule has 1 aromatic carbocycles. The minimum atomic E-state index is 0.599. The molecular weight excluding hydrogens is 236 g/mol. The number of hydrogen-bond donors (Lipinski definition) is 2. The Morgan fingerprint density at radius 1 is 1.18 bits per heavy atom. The summed E-state index contributed by atoms with van der Waals surface area (Å²) in [5.41, 5.74) is 0.842. The van der Waals surface area contributed by atoms with Gasteiger partial charge in [-0.15, -0.1) is 0 Å². The van der Waals surface area contributed by atoms with Gasteiger partial charge in [0, 0.05) is 30.4 Å². The van der Waals surface area contributed by atoms with E-state index >= 15 is 0 Å². The molecule has 0 heterocycles. The van der Waals surface area contributed by atoms with Gasteiger partial charge in [-0.3, -0.25) is 0 Å². The number of hydrogen-bond acceptors (Lipinski definition) is 3. The number of thiocarbonyl (C=S) groups is 1. The lowest BCUT2D eigenvalue weighted by Gasteiger charge is -2.12. The van der Waals surface area contributed by atoms with E-state index in [1.807, 2.05) is 18.2 Å². The van der Waals surface area contributed by atoms with Crippen LogP contribution in [0.4, 0.5) is 5.69 Å². The number of anilines is 1. The monoisotopic (exact) mass is 254 g/mol. The summed E-state index contributed by atoms with van der Waals surface area (Å²) in [6.07, 6.45) is 1.03. The van der Waals surface area contributed by atoms with Gasteiger partial charge >= 0.3 is 0 Å². The molecule has 2 N–H and O–H groups in total. The maximum Gasteiger partial charge on any atom is 0.170 e. The molecule has 1 aromatic rings. The van der Waals surface area contributed by atoms with Crippen molar-refractivity contribution in [3.05, 3.63) is 18.2 Å². The van der Waals surface area contributed by atoms with E-state index in [0.29, 0.717) is 5.11 Å². The number of nitrogens with one attached hydrogen (secondary N) is 2. The highest BCUT2D eigenvalue weighted by atomic mass is 32.1. The highest BCUT2D eigenvalue weighted by Crippen LogP contribution is 2.25. The van der Waals surface area contributed by atoms with Crippen molar-refractivity contribution in [2.24, 2.45) is 0 Å². The summed E-state index contributed by atoms with van der Waals surface area (Å²) in [5.74, 6) is 1.45. The maximum atomic E-state index is 5.18. The number of methoxy groups -OCH3 is 2. The minimum Gasteiger partial charge on any atom is -0.497 e. The van der Waals surface area contributed by atoms with Crippen molar-refractivity contribution in [1.29, 1.82) is 0 Å². The summed E-state index contributed by atoms with van der Waals surface area (Å²) >= 11 is 5.16. The van der Waals surface area contributed by atoms with Gasteiger partial charge in [0.05, 0.1) is 14.2 Å².